The van der Waals surface area contributed by atoms with Crippen LogP contribution in [0.3, 0.4) is 0 Å². The minimum absolute atomic E-state index is 0.0475. The highest BCUT2D eigenvalue weighted by Crippen LogP contribution is 2.06. The van der Waals surface area contributed by atoms with Gasteiger partial charge in [-0.05, 0) is 5.56 Å². The van der Waals surface area contributed by atoms with Crippen molar-refractivity contribution in [1.82, 2.24) is 14.5 Å². The van der Waals surface area contributed by atoms with Crippen LogP contribution in [-0.4, -0.2) is 27.0 Å². The van der Waals surface area contributed by atoms with Crippen molar-refractivity contribution < 1.29 is 4.79 Å². The number of amides is 1. The van der Waals surface area contributed by atoms with Crippen LogP contribution in [0, 0.1) is 11.3 Å². The number of benzene rings is 1. The summed E-state index contributed by atoms with van der Waals surface area (Å²) in [5, 5.41) is 8.79. The Balaban J connectivity index is 2.14. The average molecular weight is 240 g/mol. The summed E-state index contributed by atoms with van der Waals surface area (Å²) >= 11 is 0. The summed E-state index contributed by atoms with van der Waals surface area (Å²) in [6, 6.07) is 11.3. The maximum Gasteiger partial charge on any atom is 0.330 e. The molecule has 18 heavy (non-hydrogen) atoms. The zero-order valence-corrected chi connectivity index (χ0v) is 9.73. The molecule has 0 bridgehead atoms. The Morgan fingerprint density at radius 1 is 1.39 bits per heavy atom. The van der Waals surface area contributed by atoms with Gasteiger partial charge in [0.2, 0.25) is 0 Å². The normalized spacial score (nSPS) is 9.72. The maximum absolute atomic E-state index is 12.1. The van der Waals surface area contributed by atoms with Crippen LogP contribution in [0.4, 0.5) is 4.79 Å². The first-order chi connectivity index (χ1) is 8.81. The van der Waals surface area contributed by atoms with E-state index in [9.17, 15) is 4.79 Å². The number of imidazole rings is 1. The smallest absolute Gasteiger partial charge is 0.306 e. The van der Waals surface area contributed by atoms with Gasteiger partial charge in [0.25, 0.3) is 0 Å². The molecular weight excluding hydrogens is 228 g/mol. The molecule has 0 fully saturated rings. The van der Waals surface area contributed by atoms with Gasteiger partial charge in [0.05, 0.1) is 6.07 Å². The molecule has 0 aliphatic carbocycles. The molecule has 1 amide bonds. The fourth-order valence-electron chi connectivity index (χ4n) is 1.62. The van der Waals surface area contributed by atoms with Gasteiger partial charge in [0.1, 0.15) is 12.9 Å². The van der Waals surface area contributed by atoms with Crippen LogP contribution < -0.4 is 0 Å². The Bertz CT molecular complexity index is 542. The van der Waals surface area contributed by atoms with Crippen molar-refractivity contribution in [1.29, 1.82) is 5.26 Å². The van der Waals surface area contributed by atoms with E-state index in [-0.39, 0.29) is 12.6 Å². The summed E-state index contributed by atoms with van der Waals surface area (Å²) in [6.07, 6.45) is 4.53. The van der Waals surface area contributed by atoms with Crippen LogP contribution in [0.15, 0.2) is 49.1 Å². The summed E-state index contributed by atoms with van der Waals surface area (Å²) < 4.78 is 1.36. The Morgan fingerprint density at radius 3 is 2.78 bits per heavy atom. The first-order valence-corrected chi connectivity index (χ1v) is 5.49. The molecule has 0 unspecified atom stereocenters. The number of rotatable bonds is 3. The molecule has 0 radical (unpaired) electrons. The van der Waals surface area contributed by atoms with Gasteiger partial charge in [-0.15, -0.1) is 0 Å². The fourth-order valence-corrected chi connectivity index (χ4v) is 1.62. The quantitative estimate of drug-likeness (QED) is 0.769. The standard InChI is InChI=1S/C13H12N4O/c14-6-8-16(10-12-4-2-1-3-5-12)13(18)17-9-7-15-11-17/h1-5,7,9,11H,8,10H2. The molecule has 0 saturated carbocycles. The van der Waals surface area contributed by atoms with Gasteiger partial charge >= 0.3 is 6.03 Å². The van der Waals surface area contributed by atoms with Gasteiger partial charge in [0, 0.05) is 18.9 Å². The minimum Gasteiger partial charge on any atom is -0.306 e. The molecule has 1 aromatic heterocycles. The first-order valence-electron chi connectivity index (χ1n) is 5.49. The Labute approximate surface area is 105 Å². The molecule has 0 aliphatic rings. The highest BCUT2D eigenvalue weighted by Gasteiger charge is 2.14. The lowest BCUT2D eigenvalue weighted by atomic mass is 10.2. The van der Waals surface area contributed by atoms with Crippen molar-refractivity contribution >= 4 is 6.03 Å². The van der Waals surface area contributed by atoms with Gasteiger partial charge in [-0.1, -0.05) is 30.3 Å². The van der Waals surface area contributed by atoms with E-state index in [2.05, 4.69) is 4.98 Å². The zero-order valence-electron chi connectivity index (χ0n) is 9.73. The summed E-state index contributed by atoms with van der Waals surface area (Å²) in [6.45, 7) is 0.456. The van der Waals surface area contributed by atoms with Crippen molar-refractivity contribution in [2.45, 2.75) is 6.54 Å². The van der Waals surface area contributed by atoms with Crippen LogP contribution >= 0.6 is 0 Å². The number of hydrogen-bond donors (Lipinski definition) is 0. The van der Waals surface area contributed by atoms with E-state index in [0.717, 1.165) is 5.56 Å². The van der Waals surface area contributed by atoms with Crippen LogP contribution in [0.1, 0.15) is 5.56 Å². The van der Waals surface area contributed by atoms with Crippen molar-refractivity contribution in [3.63, 3.8) is 0 Å². The molecule has 2 aromatic rings. The van der Waals surface area contributed by atoms with Crippen LogP contribution in [0.25, 0.3) is 0 Å². The third-order valence-corrected chi connectivity index (χ3v) is 2.47. The summed E-state index contributed by atoms with van der Waals surface area (Å²) in [5.41, 5.74) is 0.987. The second-order valence-corrected chi connectivity index (χ2v) is 3.75. The van der Waals surface area contributed by atoms with Crippen molar-refractivity contribution in [3.05, 3.63) is 54.6 Å². The number of hydrogen-bond acceptors (Lipinski definition) is 3. The highest BCUT2D eigenvalue weighted by molar-refractivity contribution is 5.76. The van der Waals surface area contributed by atoms with Crippen LogP contribution in [-0.2, 0) is 6.54 Å². The Kier molecular flexibility index (Phi) is 3.72. The van der Waals surface area contributed by atoms with Crippen LogP contribution in [0.2, 0.25) is 0 Å². The highest BCUT2D eigenvalue weighted by atomic mass is 16.2. The average Bonchev–Trinajstić information content (AvgIpc) is 2.92. The van der Waals surface area contributed by atoms with E-state index >= 15 is 0 Å². The van der Waals surface area contributed by atoms with E-state index in [4.69, 9.17) is 5.26 Å². The molecule has 0 spiro atoms. The number of nitrogens with zero attached hydrogens (tertiary/aromatic N) is 4. The van der Waals surface area contributed by atoms with Gasteiger partial charge in [-0.2, -0.15) is 5.26 Å². The predicted molar refractivity (Wildman–Crippen MR) is 65.5 cm³/mol. The first kappa shape index (κ1) is 11.9. The molecular formula is C13H12N4O. The molecule has 0 atom stereocenters. The molecule has 90 valence electrons. The van der Waals surface area contributed by atoms with Crippen molar-refractivity contribution in [2.24, 2.45) is 0 Å². The van der Waals surface area contributed by atoms with Crippen molar-refractivity contribution in [3.8, 4) is 6.07 Å². The van der Waals surface area contributed by atoms with Gasteiger partial charge in [-0.25, -0.2) is 9.78 Å². The minimum atomic E-state index is -0.252. The second-order valence-electron chi connectivity index (χ2n) is 3.75. The Hall–Kier alpha value is -2.61. The SMILES string of the molecule is N#CCN(Cc1ccccc1)C(=O)n1ccnc1. The largest absolute Gasteiger partial charge is 0.330 e. The number of carbonyl (C=O) groups is 1. The predicted octanol–water partition coefficient (Wildman–Crippen LogP) is 1.88. The third-order valence-electron chi connectivity index (χ3n) is 2.47. The lowest BCUT2D eigenvalue weighted by Crippen LogP contribution is -2.33. The second kappa shape index (κ2) is 5.64. The fraction of sp³-hybridized carbons (Fsp3) is 0.154. The van der Waals surface area contributed by atoms with E-state index in [0.29, 0.717) is 6.54 Å². The van der Waals surface area contributed by atoms with E-state index in [1.165, 1.54) is 22.0 Å². The summed E-state index contributed by atoms with van der Waals surface area (Å²) in [7, 11) is 0. The molecule has 1 heterocycles. The maximum atomic E-state index is 12.1. The van der Waals surface area contributed by atoms with Gasteiger partial charge in [0.15, 0.2) is 0 Å². The van der Waals surface area contributed by atoms with Gasteiger partial charge < -0.3 is 4.90 Å². The molecule has 0 aliphatic heterocycles. The van der Waals surface area contributed by atoms with E-state index in [1.807, 2.05) is 36.4 Å². The number of aromatic nitrogens is 2. The number of nitriles is 1. The molecule has 5 nitrogen and oxygen atoms in total. The van der Waals surface area contributed by atoms with Crippen molar-refractivity contribution in [2.75, 3.05) is 6.54 Å². The molecule has 5 heteroatoms. The topological polar surface area (TPSA) is 61.9 Å². The van der Waals surface area contributed by atoms with Crippen LogP contribution in [0.5, 0.6) is 0 Å². The van der Waals surface area contributed by atoms with Gasteiger partial charge in [-0.3, -0.25) is 4.57 Å². The number of carbonyl (C=O) groups excluding carboxylic acids is 1. The third kappa shape index (κ3) is 2.74. The molecule has 2 rings (SSSR count). The summed E-state index contributed by atoms with van der Waals surface area (Å²) in [4.78, 5) is 17.4. The molecule has 1 aromatic carbocycles. The Morgan fingerprint density at radius 2 is 2.17 bits per heavy atom. The van der Waals surface area contributed by atoms with E-state index in [1.54, 1.807) is 6.20 Å². The monoisotopic (exact) mass is 240 g/mol. The lowest BCUT2D eigenvalue weighted by molar-refractivity contribution is 0.203. The summed E-state index contributed by atoms with van der Waals surface area (Å²) in [5.74, 6) is 0. The zero-order chi connectivity index (χ0) is 12.8. The van der Waals surface area contributed by atoms with E-state index < -0.39 is 0 Å². The molecule has 0 N–H and O–H groups in total. The molecule has 0 saturated heterocycles. The lowest BCUT2D eigenvalue weighted by Gasteiger charge is -2.19.